The zero-order valence-electron chi connectivity index (χ0n) is 11.9. The van der Waals surface area contributed by atoms with Gasteiger partial charge in [0.05, 0.1) is 16.7 Å². The second kappa shape index (κ2) is 5.81. The molecule has 4 nitrogen and oxygen atoms in total. The molecule has 0 saturated heterocycles. The molecule has 6 heteroatoms. The summed E-state index contributed by atoms with van der Waals surface area (Å²) in [7, 11) is 0. The molecule has 0 N–H and O–H groups in total. The van der Waals surface area contributed by atoms with Crippen molar-refractivity contribution < 1.29 is 4.42 Å². The molecule has 0 radical (unpaired) electrons. The molecule has 21 heavy (non-hydrogen) atoms. The Morgan fingerprint density at radius 3 is 2.76 bits per heavy atom. The predicted molar refractivity (Wildman–Crippen MR) is 86.9 cm³/mol. The van der Waals surface area contributed by atoms with E-state index in [0.717, 1.165) is 32.8 Å². The fourth-order valence-corrected chi connectivity index (χ4v) is 2.86. The van der Waals surface area contributed by atoms with Crippen LogP contribution in [0.15, 0.2) is 27.1 Å². The summed E-state index contributed by atoms with van der Waals surface area (Å²) in [5, 5.41) is 0. The number of aromatic nitrogens is 3. The number of aryl methyl sites for hydroxylation is 3. The zero-order valence-corrected chi connectivity index (χ0v) is 14.2. The molecule has 0 bridgehead atoms. The Bertz CT molecular complexity index is 774. The number of halogens is 2. The maximum atomic E-state index is 5.90. The topological polar surface area (TPSA) is 43.9 Å². The summed E-state index contributed by atoms with van der Waals surface area (Å²) < 4.78 is 8.83. The van der Waals surface area contributed by atoms with Crippen LogP contribution in [0.4, 0.5) is 0 Å². The van der Waals surface area contributed by atoms with Crippen molar-refractivity contribution in [3.8, 4) is 0 Å². The van der Waals surface area contributed by atoms with Crippen molar-refractivity contribution in [2.45, 2.75) is 26.8 Å². The maximum absolute atomic E-state index is 5.90. The zero-order chi connectivity index (χ0) is 15.0. The van der Waals surface area contributed by atoms with Gasteiger partial charge in [-0.1, -0.05) is 15.9 Å². The quantitative estimate of drug-likeness (QED) is 0.647. The summed E-state index contributed by atoms with van der Waals surface area (Å²) in [5.74, 6) is 3.04. The molecule has 0 saturated carbocycles. The van der Waals surface area contributed by atoms with E-state index in [2.05, 4.69) is 30.5 Å². The molecule has 110 valence electrons. The first kappa shape index (κ1) is 14.6. The third kappa shape index (κ3) is 2.85. The van der Waals surface area contributed by atoms with Crippen LogP contribution < -0.4 is 0 Å². The van der Waals surface area contributed by atoms with Gasteiger partial charge in [-0.25, -0.2) is 9.97 Å². The highest BCUT2D eigenvalue weighted by Gasteiger charge is 2.14. The molecule has 0 amide bonds. The molecule has 0 unspecified atom stereocenters. The van der Waals surface area contributed by atoms with Crippen LogP contribution in [0.1, 0.15) is 23.2 Å². The summed E-state index contributed by atoms with van der Waals surface area (Å²) in [4.78, 5) is 9.12. The predicted octanol–water partition coefficient (Wildman–Crippen LogP) is 4.23. The molecular formula is C15H15BrClN3O. The van der Waals surface area contributed by atoms with Gasteiger partial charge in [0.2, 0.25) is 5.89 Å². The fraction of sp³-hybridized carbons (Fsp3) is 0.333. The van der Waals surface area contributed by atoms with Crippen LogP contribution in [0.3, 0.4) is 0 Å². The van der Waals surface area contributed by atoms with E-state index in [1.54, 1.807) is 0 Å². The Labute approximate surface area is 136 Å². The first-order valence-electron chi connectivity index (χ1n) is 6.72. The van der Waals surface area contributed by atoms with E-state index >= 15 is 0 Å². The molecule has 2 heterocycles. The Balaban J connectivity index is 2.08. The van der Waals surface area contributed by atoms with E-state index in [4.69, 9.17) is 16.0 Å². The lowest BCUT2D eigenvalue weighted by atomic mass is 10.3. The Kier molecular flexibility index (Phi) is 4.04. The molecule has 0 spiro atoms. The molecule has 0 aliphatic rings. The summed E-state index contributed by atoms with van der Waals surface area (Å²) in [5.41, 5.74) is 2.94. The third-order valence-corrected chi connectivity index (χ3v) is 4.16. The molecule has 0 fully saturated rings. The van der Waals surface area contributed by atoms with Crippen molar-refractivity contribution in [3.63, 3.8) is 0 Å². The smallest absolute Gasteiger partial charge is 0.214 e. The first-order chi connectivity index (χ1) is 10.1. The van der Waals surface area contributed by atoms with Crippen molar-refractivity contribution >= 4 is 38.6 Å². The van der Waals surface area contributed by atoms with Crippen LogP contribution in [0, 0.1) is 13.8 Å². The Hall–Kier alpha value is -1.33. The lowest BCUT2D eigenvalue weighted by Gasteiger charge is -2.05. The molecule has 2 aromatic heterocycles. The van der Waals surface area contributed by atoms with Gasteiger partial charge in [-0.2, -0.15) is 0 Å². The largest absolute Gasteiger partial charge is 0.444 e. The van der Waals surface area contributed by atoms with E-state index < -0.39 is 0 Å². The van der Waals surface area contributed by atoms with Crippen LogP contribution in [-0.4, -0.2) is 20.4 Å². The lowest BCUT2D eigenvalue weighted by Crippen LogP contribution is -2.06. The number of hydrogen-bond acceptors (Lipinski definition) is 3. The Morgan fingerprint density at radius 1 is 1.29 bits per heavy atom. The van der Waals surface area contributed by atoms with Gasteiger partial charge in [0.25, 0.3) is 0 Å². The van der Waals surface area contributed by atoms with Gasteiger partial charge < -0.3 is 8.98 Å². The van der Waals surface area contributed by atoms with E-state index in [0.29, 0.717) is 24.7 Å². The molecule has 0 aliphatic heterocycles. The molecule has 3 rings (SSSR count). The van der Waals surface area contributed by atoms with Gasteiger partial charge in [0.1, 0.15) is 18.1 Å². The maximum Gasteiger partial charge on any atom is 0.214 e. The second-order valence-electron chi connectivity index (χ2n) is 4.94. The van der Waals surface area contributed by atoms with Crippen LogP contribution >= 0.6 is 27.5 Å². The first-order valence-corrected chi connectivity index (χ1v) is 8.05. The highest BCUT2D eigenvalue weighted by Crippen LogP contribution is 2.23. The Morgan fingerprint density at radius 2 is 2.10 bits per heavy atom. The standard InChI is InChI=1S/C15H15BrClN3O/c1-9-10(2)21-15(18-9)8-20-13-4-3-11(16)7-12(13)19-14(20)5-6-17/h3-4,7H,5-6,8H2,1-2H3. The number of hydrogen-bond donors (Lipinski definition) is 0. The summed E-state index contributed by atoms with van der Waals surface area (Å²) in [6, 6.07) is 6.07. The van der Waals surface area contributed by atoms with Crippen molar-refractivity contribution in [2.75, 3.05) is 5.88 Å². The average Bonchev–Trinajstić information content (AvgIpc) is 2.92. The molecule has 3 aromatic rings. The number of fused-ring (bicyclic) bond motifs is 1. The molecule has 1 aromatic carbocycles. The minimum Gasteiger partial charge on any atom is -0.444 e. The summed E-state index contributed by atoms with van der Waals surface area (Å²) >= 11 is 9.38. The minimum absolute atomic E-state index is 0.536. The fourth-order valence-electron chi connectivity index (χ4n) is 2.35. The number of imidazole rings is 1. The third-order valence-electron chi connectivity index (χ3n) is 3.47. The van der Waals surface area contributed by atoms with E-state index in [1.807, 2.05) is 32.0 Å². The normalized spacial score (nSPS) is 11.4. The van der Waals surface area contributed by atoms with Crippen LogP contribution in [0.5, 0.6) is 0 Å². The van der Waals surface area contributed by atoms with Crippen LogP contribution in [-0.2, 0) is 13.0 Å². The number of alkyl halides is 1. The highest BCUT2D eigenvalue weighted by molar-refractivity contribution is 9.10. The summed E-state index contributed by atoms with van der Waals surface area (Å²) in [6.45, 7) is 4.44. The lowest BCUT2D eigenvalue weighted by molar-refractivity contribution is 0.456. The summed E-state index contributed by atoms with van der Waals surface area (Å²) in [6.07, 6.45) is 0.715. The molecule has 0 aliphatic carbocycles. The highest BCUT2D eigenvalue weighted by atomic mass is 79.9. The van der Waals surface area contributed by atoms with Gasteiger partial charge in [-0.15, -0.1) is 11.6 Å². The number of benzene rings is 1. The van der Waals surface area contributed by atoms with Crippen molar-refractivity contribution in [2.24, 2.45) is 0 Å². The number of rotatable bonds is 4. The number of nitrogens with zero attached hydrogens (tertiary/aromatic N) is 3. The van der Waals surface area contributed by atoms with E-state index in [-0.39, 0.29) is 0 Å². The average molecular weight is 369 g/mol. The van der Waals surface area contributed by atoms with Gasteiger partial charge in [0.15, 0.2) is 0 Å². The minimum atomic E-state index is 0.536. The SMILES string of the molecule is Cc1nc(Cn2c(CCCl)nc3cc(Br)ccc32)oc1C. The van der Waals surface area contributed by atoms with E-state index in [1.165, 1.54) is 0 Å². The van der Waals surface area contributed by atoms with Gasteiger partial charge in [-0.05, 0) is 32.0 Å². The molecular weight excluding hydrogens is 354 g/mol. The second-order valence-corrected chi connectivity index (χ2v) is 6.23. The van der Waals surface area contributed by atoms with Gasteiger partial charge >= 0.3 is 0 Å². The number of oxazole rings is 1. The van der Waals surface area contributed by atoms with E-state index in [9.17, 15) is 0 Å². The molecule has 0 atom stereocenters. The van der Waals surface area contributed by atoms with Crippen molar-refractivity contribution in [3.05, 3.63) is 45.8 Å². The van der Waals surface area contributed by atoms with Crippen LogP contribution in [0.2, 0.25) is 0 Å². The van der Waals surface area contributed by atoms with Gasteiger partial charge in [-0.3, -0.25) is 0 Å². The van der Waals surface area contributed by atoms with Crippen molar-refractivity contribution in [1.82, 2.24) is 14.5 Å². The van der Waals surface area contributed by atoms with Crippen molar-refractivity contribution in [1.29, 1.82) is 0 Å². The monoisotopic (exact) mass is 367 g/mol. The van der Waals surface area contributed by atoms with Gasteiger partial charge in [0, 0.05) is 16.8 Å². The van der Waals surface area contributed by atoms with Crippen LogP contribution in [0.25, 0.3) is 11.0 Å².